The molecule has 21 heavy (non-hydrogen) atoms. The number of nitrogens with zero attached hydrogens (tertiary/aromatic N) is 3. The van der Waals surface area contributed by atoms with Gasteiger partial charge in [0.05, 0.1) is 17.7 Å². The quantitative estimate of drug-likeness (QED) is 0.923. The summed E-state index contributed by atoms with van der Waals surface area (Å²) in [7, 11) is 0. The smallest absolute Gasteiger partial charge is 0.222 e. The van der Waals surface area contributed by atoms with Gasteiger partial charge in [-0.05, 0) is 31.4 Å². The Balaban J connectivity index is 1.72. The summed E-state index contributed by atoms with van der Waals surface area (Å²) < 4.78 is 21.6. The van der Waals surface area contributed by atoms with E-state index in [0.29, 0.717) is 17.3 Å². The molecular formula is C15H17FN4O. The number of ether oxygens (including phenoxy) is 1. The van der Waals surface area contributed by atoms with Crippen LogP contribution in [0, 0.1) is 5.82 Å². The van der Waals surface area contributed by atoms with Gasteiger partial charge >= 0.3 is 0 Å². The Morgan fingerprint density at radius 3 is 3.00 bits per heavy atom. The van der Waals surface area contributed by atoms with Crippen molar-refractivity contribution >= 4 is 5.95 Å². The lowest BCUT2D eigenvalue weighted by molar-refractivity contribution is 0.0591. The van der Waals surface area contributed by atoms with E-state index in [1.807, 2.05) is 4.68 Å². The van der Waals surface area contributed by atoms with E-state index >= 15 is 0 Å². The molecule has 0 amide bonds. The van der Waals surface area contributed by atoms with Gasteiger partial charge in [-0.15, -0.1) is 5.10 Å². The van der Waals surface area contributed by atoms with Gasteiger partial charge in [-0.25, -0.2) is 9.07 Å². The summed E-state index contributed by atoms with van der Waals surface area (Å²) in [4.78, 5) is 4.45. The van der Waals surface area contributed by atoms with Crippen LogP contribution in [-0.2, 0) is 4.74 Å². The normalized spacial score (nSPS) is 24.6. The first-order valence-electron chi connectivity index (χ1n) is 7.40. The predicted molar refractivity (Wildman–Crippen MR) is 76.5 cm³/mol. The number of aromatic nitrogens is 3. The van der Waals surface area contributed by atoms with Gasteiger partial charge in [-0.3, -0.25) is 0 Å². The van der Waals surface area contributed by atoms with Gasteiger partial charge in [-0.2, -0.15) is 4.98 Å². The molecule has 110 valence electrons. The fourth-order valence-corrected chi connectivity index (χ4v) is 3.14. The van der Waals surface area contributed by atoms with Crippen molar-refractivity contribution in [1.29, 1.82) is 0 Å². The van der Waals surface area contributed by atoms with Gasteiger partial charge in [0.1, 0.15) is 5.82 Å². The first-order valence-corrected chi connectivity index (χ1v) is 7.40. The molecule has 1 fully saturated rings. The summed E-state index contributed by atoms with van der Waals surface area (Å²) in [5, 5.41) is 7.77. The van der Waals surface area contributed by atoms with Crippen LogP contribution in [0.3, 0.4) is 0 Å². The van der Waals surface area contributed by atoms with Crippen LogP contribution in [0.4, 0.5) is 10.3 Å². The van der Waals surface area contributed by atoms with Crippen molar-refractivity contribution in [3.8, 4) is 11.4 Å². The molecule has 0 saturated carbocycles. The molecule has 2 aliphatic rings. The number of hydrogen-bond acceptors (Lipinski definition) is 4. The number of rotatable bonds is 2. The highest BCUT2D eigenvalue weighted by atomic mass is 19.1. The lowest BCUT2D eigenvalue weighted by atomic mass is 10.0. The van der Waals surface area contributed by atoms with E-state index in [9.17, 15) is 4.39 Å². The Bertz CT molecular complexity index is 651. The van der Waals surface area contributed by atoms with E-state index in [0.717, 1.165) is 32.4 Å². The van der Waals surface area contributed by atoms with Crippen LogP contribution in [0.1, 0.15) is 25.3 Å². The maximum atomic E-state index is 13.9. The minimum Gasteiger partial charge on any atom is -0.376 e. The van der Waals surface area contributed by atoms with Crippen LogP contribution in [0.5, 0.6) is 0 Å². The molecule has 2 aromatic rings. The van der Waals surface area contributed by atoms with Gasteiger partial charge in [0, 0.05) is 13.2 Å². The Morgan fingerprint density at radius 1 is 1.29 bits per heavy atom. The zero-order chi connectivity index (χ0) is 14.2. The van der Waals surface area contributed by atoms with Gasteiger partial charge in [0.25, 0.3) is 0 Å². The Kier molecular flexibility index (Phi) is 3.11. The van der Waals surface area contributed by atoms with Crippen molar-refractivity contribution in [2.75, 3.05) is 18.5 Å². The van der Waals surface area contributed by atoms with Crippen LogP contribution >= 0.6 is 0 Å². The first kappa shape index (κ1) is 12.8. The second kappa shape index (κ2) is 5.11. The minimum absolute atomic E-state index is 0.191. The fraction of sp³-hybridized carbons (Fsp3) is 0.467. The summed E-state index contributed by atoms with van der Waals surface area (Å²) in [6, 6.07) is 6.79. The van der Waals surface area contributed by atoms with Crippen LogP contribution in [0.25, 0.3) is 11.4 Å². The molecule has 2 unspecified atom stereocenters. The monoisotopic (exact) mass is 288 g/mol. The van der Waals surface area contributed by atoms with Crippen molar-refractivity contribution in [3.05, 3.63) is 30.1 Å². The van der Waals surface area contributed by atoms with Crippen molar-refractivity contribution in [2.24, 2.45) is 0 Å². The lowest BCUT2D eigenvalue weighted by Crippen LogP contribution is -2.32. The summed E-state index contributed by atoms with van der Waals surface area (Å²) >= 11 is 0. The molecule has 0 radical (unpaired) electrons. The molecule has 3 heterocycles. The summed E-state index contributed by atoms with van der Waals surface area (Å²) in [6.07, 6.45) is 3.30. The molecule has 5 nitrogen and oxygen atoms in total. The molecule has 1 aromatic carbocycles. The Labute approximate surface area is 122 Å². The van der Waals surface area contributed by atoms with Crippen molar-refractivity contribution < 1.29 is 9.13 Å². The van der Waals surface area contributed by atoms with Crippen LogP contribution < -0.4 is 5.32 Å². The average Bonchev–Trinajstić information content (AvgIpc) is 3.16. The molecular weight excluding hydrogens is 271 g/mol. The molecule has 1 saturated heterocycles. The predicted octanol–water partition coefficient (Wildman–Crippen LogP) is 2.62. The number of halogens is 1. The highest BCUT2D eigenvalue weighted by Crippen LogP contribution is 2.33. The standard InChI is InChI=1S/C15H17FN4O/c16-11-5-2-1-4-10(11)14-18-15-17-8-7-12(20(15)19-14)13-6-3-9-21-13/h1-2,4-5,12-13H,3,6-9H2,(H,17,18,19). The van der Waals surface area contributed by atoms with Crippen molar-refractivity contribution in [1.82, 2.24) is 14.8 Å². The summed E-state index contributed by atoms with van der Waals surface area (Å²) in [6.45, 7) is 1.67. The van der Waals surface area contributed by atoms with E-state index in [1.165, 1.54) is 6.07 Å². The molecule has 2 aliphatic heterocycles. The third kappa shape index (κ3) is 2.19. The highest BCUT2D eigenvalue weighted by molar-refractivity contribution is 5.57. The topological polar surface area (TPSA) is 52.0 Å². The Morgan fingerprint density at radius 2 is 2.19 bits per heavy atom. The number of anilines is 1. The molecule has 2 atom stereocenters. The highest BCUT2D eigenvalue weighted by Gasteiger charge is 2.33. The number of nitrogens with one attached hydrogen (secondary N) is 1. The SMILES string of the molecule is Fc1ccccc1-c1nc2n(n1)C(C1CCCO1)CCN2. The molecule has 0 aliphatic carbocycles. The summed E-state index contributed by atoms with van der Waals surface area (Å²) in [5.41, 5.74) is 0.437. The summed E-state index contributed by atoms with van der Waals surface area (Å²) in [5.74, 6) is 0.842. The van der Waals surface area contributed by atoms with Gasteiger partial charge in [0.2, 0.25) is 5.95 Å². The van der Waals surface area contributed by atoms with E-state index in [1.54, 1.807) is 18.2 Å². The zero-order valence-corrected chi connectivity index (χ0v) is 11.6. The van der Waals surface area contributed by atoms with Crippen LogP contribution in [-0.4, -0.2) is 34.0 Å². The Hall–Kier alpha value is -1.95. The van der Waals surface area contributed by atoms with Gasteiger partial charge in [-0.1, -0.05) is 12.1 Å². The number of hydrogen-bond donors (Lipinski definition) is 1. The maximum Gasteiger partial charge on any atom is 0.222 e. The van der Waals surface area contributed by atoms with Gasteiger partial charge < -0.3 is 10.1 Å². The van der Waals surface area contributed by atoms with Gasteiger partial charge in [0.15, 0.2) is 5.82 Å². The minimum atomic E-state index is -0.297. The second-order valence-corrected chi connectivity index (χ2v) is 5.52. The maximum absolute atomic E-state index is 13.9. The lowest BCUT2D eigenvalue weighted by Gasteiger charge is -2.28. The third-order valence-corrected chi connectivity index (χ3v) is 4.18. The van der Waals surface area contributed by atoms with Crippen LogP contribution in [0.15, 0.2) is 24.3 Å². The van der Waals surface area contributed by atoms with E-state index in [4.69, 9.17) is 4.74 Å². The number of fused-ring (bicyclic) bond motifs is 1. The van der Waals surface area contributed by atoms with Crippen molar-refractivity contribution in [3.63, 3.8) is 0 Å². The largest absolute Gasteiger partial charge is 0.376 e. The third-order valence-electron chi connectivity index (χ3n) is 4.18. The number of benzene rings is 1. The van der Waals surface area contributed by atoms with Crippen molar-refractivity contribution in [2.45, 2.75) is 31.4 Å². The molecule has 1 N–H and O–H groups in total. The second-order valence-electron chi connectivity index (χ2n) is 5.52. The molecule has 0 bridgehead atoms. The first-order chi connectivity index (χ1) is 10.3. The molecule has 0 spiro atoms. The van der Waals surface area contributed by atoms with E-state index in [-0.39, 0.29) is 18.0 Å². The van der Waals surface area contributed by atoms with E-state index in [2.05, 4.69) is 15.4 Å². The van der Waals surface area contributed by atoms with Crippen LogP contribution in [0.2, 0.25) is 0 Å². The molecule has 4 rings (SSSR count). The molecule has 6 heteroatoms. The molecule has 1 aromatic heterocycles. The van der Waals surface area contributed by atoms with E-state index < -0.39 is 0 Å². The average molecular weight is 288 g/mol. The fourth-order valence-electron chi connectivity index (χ4n) is 3.14. The zero-order valence-electron chi connectivity index (χ0n) is 11.6.